The molecule has 19 heavy (non-hydrogen) atoms. The number of halogens is 3. The standard InChI is InChI=1S/C13H16F3NOS/c1-8(2)19(18)17-10(4)11-5-9(3)6-12(7-11)13(14,15)16/h5-8H,1-4H3. The highest BCUT2D eigenvalue weighted by atomic mass is 32.2. The van der Waals surface area contributed by atoms with Crippen LogP contribution in [0.5, 0.6) is 0 Å². The maximum atomic E-state index is 12.7. The third-order valence-corrected chi connectivity index (χ3v) is 3.71. The average Bonchev–Trinajstić information content (AvgIpc) is 2.26. The Hall–Kier alpha value is -1.01. The van der Waals surface area contributed by atoms with E-state index >= 15 is 0 Å². The zero-order valence-corrected chi connectivity index (χ0v) is 12.0. The van der Waals surface area contributed by atoms with E-state index in [1.807, 2.05) is 0 Å². The van der Waals surface area contributed by atoms with Crippen molar-refractivity contribution in [2.75, 3.05) is 0 Å². The van der Waals surface area contributed by atoms with E-state index in [4.69, 9.17) is 0 Å². The van der Waals surface area contributed by atoms with Crippen molar-refractivity contribution < 1.29 is 17.7 Å². The second-order valence-corrected chi connectivity index (χ2v) is 6.26. The van der Waals surface area contributed by atoms with Gasteiger partial charge in [-0.05, 0) is 45.4 Å². The molecule has 0 aliphatic heterocycles. The van der Waals surface area contributed by atoms with E-state index in [9.17, 15) is 17.7 Å². The Bertz CT molecular complexity index is 483. The highest BCUT2D eigenvalue weighted by Crippen LogP contribution is 2.30. The van der Waals surface area contributed by atoms with Gasteiger partial charge in [0, 0.05) is 5.56 Å². The predicted octanol–water partition coefficient (Wildman–Crippen LogP) is 3.89. The van der Waals surface area contributed by atoms with Crippen molar-refractivity contribution in [3.8, 4) is 0 Å². The lowest BCUT2D eigenvalue weighted by atomic mass is 10.0. The molecule has 0 bridgehead atoms. The lowest BCUT2D eigenvalue weighted by Gasteiger charge is -2.11. The molecule has 0 amide bonds. The van der Waals surface area contributed by atoms with Gasteiger partial charge in [0.25, 0.3) is 0 Å². The summed E-state index contributed by atoms with van der Waals surface area (Å²) >= 11 is -1.43. The molecule has 2 nitrogen and oxygen atoms in total. The molecule has 0 saturated carbocycles. The summed E-state index contributed by atoms with van der Waals surface area (Å²) in [5, 5.41) is -0.165. The third kappa shape index (κ3) is 4.54. The average molecular weight is 291 g/mol. The van der Waals surface area contributed by atoms with Crippen LogP contribution in [0, 0.1) is 6.92 Å². The molecule has 1 rings (SSSR count). The fraction of sp³-hybridized carbons (Fsp3) is 0.462. The molecule has 0 spiro atoms. The summed E-state index contributed by atoms with van der Waals surface area (Å²) in [6, 6.07) is 3.71. The van der Waals surface area contributed by atoms with Gasteiger partial charge in [-0.2, -0.15) is 13.2 Å². The normalized spacial score (nSPS) is 14.9. The number of benzene rings is 1. The van der Waals surface area contributed by atoms with Crippen LogP contribution in [0.25, 0.3) is 0 Å². The van der Waals surface area contributed by atoms with Crippen LogP contribution in [0.15, 0.2) is 22.6 Å². The van der Waals surface area contributed by atoms with Crippen molar-refractivity contribution in [3.63, 3.8) is 0 Å². The molecule has 0 radical (unpaired) electrons. The lowest BCUT2D eigenvalue weighted by molar-refractivity contribution is -0.137. The van der Waals surface area contributed by atoms with Gasteiger partial charge in [-0.1, -0.05) is 10.5 Å². The molecule has 0 N–H and O–H groups in total. The number of alkyl halides is 3. The van der Waals surface area contributed by atoms with E-state index in [0.29, 0.717) is 16.8 Å². The second-order valence-electron chi connectivity index (χ2n) is 4.59. The molecule has 6 heteroatoms. The Morgan fingerprint density at radius 3 is 2.32 bits per heavy atom. The first-order chi connectivity index (χ1) is 8.61. The largest absolute Gasteiger partial charge is 0.591 e. The van der Waals surface area contributed by atoms with Crippen LogP contribution in [-0.2, 0) is 17.5 Å². The Morgan fingerprint density at radius 1 is 1.26 bits per heavy atom. The van der Waals surface area contributed by atoms with Gasteiger partial charge in [-0.3, -0.25) is 0 Å². The molecule has 0 saturated heterocycles. The van der Waals surface area contributed by atoms with Crippen LogP contribution >= 0.6 is 0 Å². The molecule has 0 heterocycles. The van der Waals surface area contributed by atoms with Gasteiger partial charge < -0.3 is 4.55 Å². The first kappa shape index (κ1) is 16.0. The summed E-state index contributed by atoms with van der Waals surface area (Å²) in [6.07, 6.45) is -4.39. The summed E-state index contributed by atoms with van der Waals surface area (Å²) < 4.78 is 53.6. The van der Waals surface area contributed by atoms with Crippen molar-refractivity contribution in [1.82, 2.24) is 0 Å². The Morgan fingerprint density at radius 2 is 1.84 bits per heavy atom. The van der Waals surface area contributed by atoms with Crippen LogP contribution in [0.3, 0.4) is 0 Å². The summed E-state index contributed by atoms with van der Waals surface area (Å²) in [6.45, 7) is 6.63. The fourth-order valence-electron chi connectivity index (χ4n) is 1.45. The minimum atomic E-state index is -4.39. The quantitative estimate of drug-likeness (QED) is 0.614. The minimum Gasteiger partial charge on any atom is -0.591 e. The van der Waals surface area contributed by atoms with Crippen LogP contribution in [0.2, 0.25) is 0 Å². The number of aryl methyl sites for hydroxylation is 1. The second kappa shape index (κ2) is 5.96. The predicted molar refractivity (Wildman–Crippen MR) is 71.7 cm³/mol. The van der Waals surface area contributed by atoms with Crippen molar-refractivity contribution in [1.29, 1.82) is 0 Å². The van der Waals surface area contributed by atoms with E-state index in [-0.39, 0.29) is 5.25 Å². The SMILES string of the molecule is CC(=N[S+]([O-])C(C)C)c1cc(C)cc(C(F)(F)F)c1. The Labute approximate surface area is 114 Å². The van der Waals surface area contributed by atoms with Gasteiger partial charge in [-0.25, -0.2) is 0 Å². The smallest absolute Gasteiger partial charge is 0.416 e. The summed E-state index contributed by atoms with van der Waals surface area (Å²) in [4.78, 5) is 0. The molecule has 0 aliphatic rings. The van der Waals surface area contributed by atoms with Gasteiger partial charge in [0.1, 0.15) is 5.25 Å². The van der Waals surface area contributed by atoms with Crippen LogP contribution < -0.4 is 0 Å². The van der Waals surface area contributed by atoms with E-state index in [1.165, 1.54) is 0 Å². The monoisotopic (exact) mass is 291 g/mol. The maximum Gasteiger partial charge on any atom is 0.416 e. The first-order valence-corrected chi connectivity index (χ1v) is 6.93. The molecular formula is C13H16F3NOS. The van der Waals surface area contributed by atoms with Gasteiger partial charge in [0.15, 0.2) is 0 Å². The maximum absolute atomic E-state index is 12.7. The van der Waals surface area contributed by atoms with Crippen molar-refractivity contribution in [2.24, 2.45) is 4.40 Å². The number of hydrogen-bond donors (Lipinski definition) is 0. The lowest BCUT2D eigenvalue weighted by Crippen LogP contribution is -2.14. The van der Waals surface area contributed by atoms with E-state index in [0.717, 1.165) is 12.1 Å². The Kier molecular flexibility index (Phi) is 5.04. The molecule has 0 aromatic heterocycles. The van der Waals surface area contributed by atoms with Gasteiger partial charge >= 0.3 is 6.18 Å². The van der Waals surface area contributed by atoms with Crippen LogP contribution in [0.4, 0.5) is 13.2 Å². The fourth-order valence-corrected chi connectivity index (χ4v) is 2.03. The molecule has 1 unspecified atom stereocenters. The molecular weight excluding hydrogens is 275 g/mol. The van der Waals surface area contributed by atoms with Crippen LogP contribution in [-0.4, -0.2) is 15.5 Å². The molecule has 0 fully saturated rings. The topological polar surface area (TPSA) is 35.4 Å². The molecule has 1 aromatic rings. The zero-order valence-electron chi connectivity index (χ0n) is 11.2. The highest BCUT2D eigenvalue weighted by molar-refractivity contribution is 7.90. The van der Waals surface area contributed by atoms with E-state index < -0.39 is 23.1 Å². The molecule has 1 aromatic carbocycles. The summed E-state index contributed by atoms with van der Waals surface area (Å²) in [5.41, 5.74) is 0.477. The number of nitrogens with zero attached hydrogens (tertiary/aromatic N) is 1. The number of hydrogen-bond acceptors (Lipinski definition) is 2. The third-order valence-electron chi connectivity index (χ3n) is 2.45. The minimum absolute atomic E-state index is 0.165. The summed E-state index contributed by atoms with van der Waals surface area (Å²) in [7, 11) is 0. The zero-order chi connectivity index (χ0) is 14.8. The van der Waals surface area contributed by atoms with Gasteiger partial charge in [0.2, 0.25) is 0 Å². The highest BCUT2D eigenvalue weighted by Gasteiger charge is 2.31. The van der Waals surface area contributed by atoms with Crippen molar-refractivity contribution in [2.45, 2.75) is 39.1 Å². The molecule has 0 aliphatic carbocycles. The van der Waals surface area contributed by atoms with E-state index in [1.54, 1.807) is 33.8 Å². The van der Waals surface area contributed by atoms with Gasteiger partial charge in [-0.15, -0.1) is 0 Å². The van der Waals surface area contributed by atoms with Crippen LogP contribution in [0.1, 0.15) is 37.5 Å². The van der Waals surface area contributed by atoms with Crippen molar-refractivity contribution in [3.05, 3.63) is 34.9 Å². The summed E-state index contributed by atoms with van der Waals surface area (Å²) in [5.74, 6) is 0. The van der Waals surface area contributed by atoms with Gasteiger partial charge in [0.05, 0.1) is 22.6 Å². The molecule has 106 valence electrons. The number of rotatable bonds is 3. The van der Waals surface area contributed by atoms with E-state index in [2.05, 4.69) is 4.40 Å². The first-order valence-electron chi connectivity index (χ1n) is 5.76. The van der Waals surface area contributed by atoms with Crippen molar-refractivity contribution >= 4 is 17.1 Å². The Balaban J connectivity index is 3.18. The molecule has 1 atom stereocenters.